The van der Waals surface area contributed by atoms with E-state index in [1.165, 1.54) is 5.01 Å². The minimum absolute atomic E-state index is 0.561. The van der Waals surface area contributed by atoms with Gasteiger partial charge in [-0.2, -0.15) is 0 Å². The summed E-state index contributed by atoms with van der Waals surface area (Å²) < 4.78 is 0. The summed E-state index contributed by atoms with van der Waals surface area (Å²) in [6.45, 7) is 6.30. The highest BCUT2D eigenvalue weighted by molar-refractivity contribution is 7.09. The summed E-state index contributed by atoms with van der Waals surface area (Å²) >= 11 is 1.75. The highest BCUT2D eigenvalue weighted by Crippen LogP contribution is 2.18. The summed E-state index contributed by atoms with van der Waals surface area (Å²) in [5, 5.41) is 13.8. The van der Waals surface area contributed by atoms with Gasteiger partial charge in [0.1, 0.15) is 0 Å². The van der Waals surface area contributed by atoms with Crippen LogP contribution in [0.25, 0.3) is 0 Å². The first-order chi connectivity index (χ1) is 6.97. The largest absolute Gasteiger partial charge is 0.481 e. The van der Waals surface area contributed by atoms with Crippen molar-refractivity contribution in [3.8, 4) is 0 Å². The Balaban J connectivity index is 0.000000423. The van der Waals surface area contributed by atoms with Crippen molar-refractivity contribution in [2.45, 2.75) is 33.2 Å². The van der Waals surface area contributed by atoms with Gasteiger partial charge in [0, 0.05) is 24.8 Å². The topological polar surface area (TPSA) is 62.2 Å². The molecule has 1 aromatic rings. The molecule has 4 nitrogen and oxygen atoms in total. The lowest BCUT2D eigenvalue weighted by Crippen LogP contribution is -2.05. The molecular formula is C10H18N2O2S. The lowest BCUT2D eigenvalue weighted by Gasteiger charge is -1.96. The normalized spacial score (nSPS) is 9.67. The number of carboxylic acid groups (broad SMARTS) is 1. The molecule has 0 atom stereocenters. The van der Waals surface area contributed by atoms with Gasteiger partial charge in [0.15, 0.2) is 0 Å². The average molecular weight is 230 g/mol. The molecule has 0 unspecified atom stereocenters. The van der Waals surface area contributed by atoms with Gasteiger partial charge in [0.2, 0.25) is 0 Å². The molecule has 1 heterocycles. The van der Waals surface area contributed by atoms with E-state index in [1.54, 1.807) is 11.3 Å². The van der Waals surface area contributed by atoms with E-state index in [0.717, 1.165) is 19.2 Å². The lowest BCUT2D eigenvalue weighted by atomic mass is 10.2. The summed E-state index contributed by atoms with van der Waals surface area (Å²) in [6.07, 6.45) is 0. The molecule has 0 aromatic carbocycles. The molecule has 86 valence electrons. The summed E-state index contributed by atoms with van der Waals surface area (Å²) in [6, 6.07) is 0. The van der Waals surface area contributed by atoms with Gasteiger partial charge in [-0.05, 0) is 7.05 Å². The molecule has 15 heavy (non-hydrogen) atoms. The molecule has 0 radical (unpaired) electrons. The van der Waals surface area contributed by atoms with E-state index in [-0.39, 0.29) is 0 Å². The fourth-order valence-corrected chi connectivity index (χ4v) is 1.69. The van der Waals surface area contributed by atoms with E-state index in [2.05, 4.69) is 29.5 Å². The third kappa shape index (κ3) is 7.04. The fraction of sp³-hybridized carbons (Fsp3) is 0.600. The van der Waals surface area contributed by atoms with Crippen LogP contribution in [0.15, 0.2) is 5.38 Å². The maximum Gasteiger partial charge on any atom is 0.300 e. The van der Waals surface area contributed by atoms with Gasteiger partial charge in [0.05, 0.1) is 10.7 Å². The molecule has 0 spiro atoms. The Morgan fingerprint density at radius 2 is 2.20 bits per heavy atom. The number of carbonyl (C=O) groups is 1. The Morgan fingerprint density at radius 1 is 1.67 bits per heavy atom. The van der Waals surface area contributed by atoms with Crippen LogP contribution in [0.4, 0.5) is 0 Å². The van der Waals surface area contributed by atoms with Crippen LogP contribution in [0, 0.1) is 0 Å². The lowest BCUT2D eigenvalue weighted by molar-refractivity contribution is -0.134. The van der Waals surface area contributed by atoms with Gasteiger partial charge < -0.3 is 10.4 Å². The summed E-state index contributed by atoms with van der Waals surface area (Å²) in [4.78, 5) is 13.5. The Hall–Kier alpha value is -0.940. The molecule has 0 amide bonds. The van der Waals surface area contributed by atoms with Crippen LogP contribution in [0.3, 0.4) is 0 Å². The number of carboxylic acids is 1. The first kappa shape index (κ1) is 14.1. The van der Waals surface area contributed by atoms with Gasteiger partial charge in [-0.15, -0.1) is 11.3 Å². The number of nitrogens with zero attached hydrogens (tertiary/aromatic N) is 1. The number of hydrogen-bond acceptors (Lipinski definition) is 4. The molecule has 0 saturated heterocycles. The zero-order chi connectivity index (χ0) is 11.8. The van der Waals surface area contributed by atoms with Crippen LogP contribution in [-0.2, 0) is 11.3 Å². The predicted octanol–water partition coefficient (Wildman–Crippen LogP) is 2.08. The number of aromatic nitrogens is 1. The number of nitrogens with one attached hydrogen (secondary N) is 1. The Bertz CT molecular complexity index is 293. The second kappa shape index (κ2) is 7.36. The van der Waals surface area contributed by atoms with Crippen molar-refractivity contribution in [1.29, 1.82) is 0 Å². The minimum Gasteiger partial charge on any atom is -0.481 e. The van der Waals surface area contributed by atoms with Crippen molar-refractivity contribution in [1.82, 2.24) is 10.3 Å². The van der Waals surface area contributed by atoms with Crippen LogP contribution in [0.2, 0.25) is 0 Å². The van der Waals surface area contributed by atoms with Gasteiger partial charge >= 0.3 is 0 Å². The third-order valence-electron chi connectivity index (χ3n) is 1.42. The van der Waals surface area contributed by atoms with E-state index < -0.39 is 5.97 Å². The molecule has 0 aliphatic heterocycles. The summed E-state index contributed by atoms with van der Waals surface area (Å²) in [5.74, 6) is -0.273. The van der Waals surface area contributed by atoms with Crippen LogP contribution >= 0.6 is 11.3 Å². The number of rotatable bonds is 3. The van der Waals surface area contributed by atoms with Gasteiger partial charge in [-0.25, -0.2) is 4.98 Å². The molecule has 0 saturated carbocycles. The second-order valence-corrected chi connectivity index (χ2v) is 4.27. The van der Waals surface area contributed by atoms with Gasteiger partial charge in [-0.1, -0.05) is 13.8 Å². The number of hydrogen-bond donors (Lipinski definition) is 2. The van der Waals surface area contributed by atoms with Crippen molar-refractivity contribution in [2.24, 2.45) is 0 Å². The van der Waals surface area contributed by atoms with E-state index in [4.69, 9.17) is 9.90 Å². The fourth-order valence-electron chi connectivity index (χ4n) is 0.850. The summed E-state index contributed by atoms with van der Waals surface area (Å²) in [5.41, 5.74) is 1.15. The molecule has 5 heteroatoms. The van der Waals surface area contributed by atoms with E-state index in [1.807, 2.05) is 7.05 Å². The molecule has 1 aromatic heterocycles. The van der Waals surface area contributed by atoms with Crippen molar-refractivity contribution < 1.29 is 9.90 Å². The van der Waals surface area contributed by atoms with Gasteiger partial charge in [0.25, 0.3) is 5.97 Å². The van der Waals surface area contributed by atoms with Crippen LogP contribution < -0.4 is 5.32 Å². The SMILES string of the molecule is CC(=O)O.CNCc1csc(C(C)C)n1. The van der Waals surface area contributed by atoms with E-state index in [9.17, 15) is 0 Å². The number of thiazole rings is 1. The zero-order valence-corrected chi connectivity index (χ0v) is 10.4. The number of aliphatic carboxylic acids is 1. The monoisotopic (exact) mass is 230 g/mol. The second-order valence-electron chi connectivity index (χ2n) is 3.38. The standard InChI is InChI=1S/C8H14N2S.C2H4O2/c1-6(2)8-10-7(4-9-3)5-11-8;1-2(3)4/h5-6,9H,4H2,1-3H3;1H3,(H,3,4). The first-order valence-corrected chi connectivity index (χ1v) is 5.63. The quantitative estimate of drug-likeness (QED) is 0.834. The van der Waals surface area contributed by atoms with Crippen molar-refractivity contribution in [3.05, 3.63) is 16.1 Å². The van der Waals surface area contributed by atoms with Crippen LogP contribution in [0.1, 0.15) is 37.4 Å². The Morgan fingerprint density at radius 3 is 2.53 bits per heavy atom. The van der Waals surface area contributed by atoms with Gasteiger partial charge in [-0.3, -0.25) is 4.79 Å². The molecule has 0 fully saturated rings. The maximum absolute atomic E-state index is 9.00. The molecule has 0 aliphatic rings. The predicted molar refractivity (Wildman–Crippen MR) is 62.3 cm³/mol. The smallest absolute Gasteiger partial charge is 0.300 e. The van der Waals surface area contributed by atoms with Crippen LogP contribution in [-0.4, -0.2) is 23.1 Å². The van der Waals surface area contributed by atoms with Crippen LogP contribution in [0.5, 0.6) is 0 Å². The third-order valence-corrected chi connectivity index (χ3v) is 2.62. The zero-order valence-electron chi connectivity index (χ0n) is 9.57. The first-order valence-electron chi connectivity index (χ1n) is 4.75. The van der Waals surface area contributed by atoms with Crippen molar-refractivity contribution in [3.63, 3.8) is 0 Å². The average Bonchev–Trinajstić information content (AvgIpc) is 2.52. The van der Waals surface area contributed by atoms with Crippen molar-refractivity contribution in [2.75, 3.05) is 7.05 Å². The minimum atomic E-state index is -0.833. The molecule has 0 bridgehead atoms. The highest BCUT2D eigenvalue weighted by Gasteiger charge is 2.03. The van der Waals surface area contributed by atoms with E-state index in [0.29, 0.717) is 5.92 Å². The molecule has 1 rings (SSSR count). The Labute approximate surface area is 94.4 Å². The molecular weight excluding hydrogens is 212 g/mol. The Kier molecular flexibility index (Phi) is 6.90. The maximum atomic E-state index is 9.00. The van der Waals surface area contributed by atoms with E-state index >= 15 is 0 Å². The van der Waals surface area contributed by atoms with Crippen molar-refractivity contribution >= 4 is 17.3 Å². The highest BCUT2D eigenvalue weighted by atomic mass is 32.1. The summed E-state index contributed by atoms with van der Waals surface area (Å²) in [7, 11) is 1.94. The molecule has 0 aliphatic carbocycles. The molecule has 2 N–H and O–H groups in total.